The Morgan fingerprint density at radius 2 is 1.58 bits per heavy atom. The molecule has 2 aromatic carbocycles. The topological polar surface area (TPSA) is 146 Å². The summed E-state index contributed by atoms with van der Waals surface area (Å²) in [5, 5.41) is 5.38. The minimum atomic E-state index is -0.906. The maximum atomic E-state index is 12.8. The van der Waals surface area contributed by atoms with Crippen molar-refractivity contribution in [1.29, 1.82) is 0 Å². The van der Waals surface area contributed by atoms with E-state index in [4.69, 9.17) is 19.6 Å². The highest BCUT2D eigenvalue weighted by atomic mass is 16.5. The van der Waals surface area contributed by atoms with Gasteiger partial charge in [0.15, 0.2) is 5.69 Å². The number of nitrogens with one attached hydrogen (secondary N) is 2. The monoisotopic (exact) mass is 522 g/mol. The molecule has 0 saturated heterocycles. The third-order valence-corrected chi connectivity index (χ3v) is 5.73. The summed E-state index contributed by atoms with van der Waals surface area (Å²) in [6.07, 6.45) is 2.71. The van der Waals surface area contributed by atoms with E-state index in [0.29, 0.717) is 32.2 Å². The van der Waals surface area contributed by atoms with Crippen LogP contribution >= 0.6 is 0 Å². The highest BCUT2D eigenvalue weighted by Gasteiger charge is 2.25. The lowest BCUT2D eigenvalue weighted by Crippen LogP contribution is -2.42. The first-order valence-corrected chi connectivity index (χ1v) is 12.6. The number of nitrogens with two attached hydrogens (primary N) is 1. The number of benzene rings is 2. The molecule has 3 rings (SSSR count). The summed E-state index contributed by atoms with van der Waals surface area (Å²) in [6.45, 7) is 2.50. The average Bonchev–Trinajstić information content (AvgIpc) is 3.45. The maximum Gasteiger partial charge on any atom is 0.407 e. The molecule has 0 radical (unpaired) electrons. The van der Waals surface area contributed by atoms with Crippen molar-refractivity contribution in [2.75, 3.05) is 6.54 Å². The highest BCUT2D eigenvalue weighted by molar-refractivity contribution is 5.94. The predicted molar refractivity (Wildman–Crippen MR) is 140 cm³/mol. The Morgan fingerprint density at radius 3 is 2.21 bits per heavy atom. The lowest BCUT2D eigenvalue weighted by atomic mass is 10.1. The Bertz CT molecular complexity index is 1150. The zero-order chi connectivity index (χ0) is 27.2. The smallest absolute Gasteiger partial charge is 0.407 e. The van der Waals surface area contributed by atoms with Crippen molar-refractivity contribution in [3.8, 4) is 0 Å². The number of carbonyl (C=O) groups excluding carboxylic acids is 3. The van der Waals surface area contributed by atoms with Gasteiger partial charge in [0.1, 0.15) is 25.5 Å². The molecule has 2 atom stereocenters. The summed E-state index contributed by atoms with van der Waals surface area (Å²) in [6, 6.07) is 17.3. The van der Waals surface area contributed by atoms with Gasteiger partial charge in [-0.3, -0.25) is 4.79 Å². The Kier molecular flexibility index (Phi) is 11.3. The molecule has 0 fully saturated rings. The quantitative estimate of drug-likeness (QED) is 0.213. The number of amides is 2. The van der Waals surface area contributed by atoms with Crippen molar-refractivity contribution in [1.82, 2.24) is 15.6 Å². The van der Waals surface area contributed by atoms with Gasteiger partial charge >= 0.3 is 12.1 Å². The summed E-state index contributed by atoms with van der Waals surface area (Å²) in [5.41, 5.74) is 7.68. The van der Waals surface area contributed by atoms with Crippen molar-refractivity contribution < 1.29 is 28.3 Å². The van der Waals surface area contributed by atoms with Crippen molar-refractivity contribution in [2.24, 2.45) is 5.73 Å². The number of alkyl carbamates (subject to hydrolysis) is 1. The number of nitrogens with zero attached hydrogens (tertiary/aromatic N) is 1. The molecular weight excluding hydrogens is 488 g/mol. The summed E-state index contributed by atoms with van der Waals surface area (Å²) in [7, 11) is 0. The Balaban J connectivity index is 1.49. The number of hydrogen-bond acceptors (Lipinski definition) is 8. The fourth-order valence-electron chi connectivity index (χ4n) is 3.49. The van der Waals surface area contributed by atoms with Crippen LogP contribution < -0.4 is 16.4 Å². The van der Waals surface area contributed by atoms with E-state index in [2.05, 4.69) is 15.6 Å². The van der Waals surface area contributed by atoms with Crippen molar-refractivity contribution in [3.63, 3.8) is 0 Å². The summed E-state index contributed by atoms with van der Waals surface area (Å²) < 4.78 is 15.9. The van der Waals surface area contributed by atoms with Crippen LogP contribution in [0.3, 0.4) is 0 Å². The minimum absolute atomic E-state index is 0.0348. The molecule has 38 heavy (non-hydrogen) atoms. The minimum Gasteiger partial charge on any atom is -0.459 e. The number of unbranched alkanes of at least 4 members (excludes halogenated alkanes) is 1. The molecule has 0 aliphatic heterocycles. The second kappa shape index (κ2) is 15.2. The van der Waals surface area contributed by atoms with E-state index < -0.39 is 30.1 Å². The van der Waals surface area contributed by atoms with Crippen LogP contribution in [-0.2, 0) is 27.5 Å². The van der Waals surface area contributed by atoms with Gasteiger partial charge in [0.25, 0.3) is 5.91 Å². The van der Waals surface area contributed by atoms with Crippen LogP contribution in [0.2, 0.25) is 0 Å². The van der Waals surface area contributed by atoms with Crippen LogP contribution in [0.25, 0.3) is 0 Å². The third kappa shape index (κ3) is 9.36. The van der Waals surface area contributed by atoms with Crippen LogP contribution in [0.15, 0.2) is 71.3 Å². The van der Waals surface area contributed by atoms with E-state index in [0.717, 1.165) is 11.1 Å². The van der Waals surface area contributed by atoms with Gasteiger partial charge in [-0.15, -0.1) is 0 Å². The number of hydrogen-bond donors (Lipinski definition) is 3. The molecule has 1 heterocycles. The largest absolute Gasteiger partial charge is 0.459 e. The van der Waals surface area contributed by atoms with Gasteiger partial charge in [-0.2, -0.15) is 0 Å². The lowest BCUT2D eigenvalue weighted by molar-refractivity contribution is -0.147. The van der Waals surface area contributed by atoms with E-state index in [1.807, 2.05) is 67.6 Å². The normalized spacial score (nSPS) is 12.3. The SMILES string of the molecule is CCC(N)c1nc(C(=O)NC(CCCCNC(=O)OCc2ccccc2)C(=O)OCc2ccccc2)co1. The van der Waals surface area contributed by atoms with Crippen LogP contribution in [0.5, 0.6) is 0 Å². The van der Waals surface area contributed by atoms with E-state index >= 15 is 0 Å². The Hall–Kier alpha value is -4.18. The summed E-state index contributed by atoms with van der Waals surface area (Å²) in [4.78, 5) is 41.7. The van der Waals surface area contributed by atoms with Gasteiger partial charge in [0.05, 0.1) is 6.04 Å². The van der Waals surface area contributed by atoms with Crippen molar-refractivity contribution in [2.45, 2.75) is 57.9 Å². The fourth-order valence-corrected chi connectivity index (χ4v) is 3.49. The van der Waals surface area contributed by atoms with Crippen molar-refractivity contribution >= 4 is 18.0 Å². The molecule has 10 nitrogen and oxygen atoms in total. The molecule has 2 amide bonds. The first-order chi connectivity index (χ1) is 18.5. The zero-order valence-corrected chi connectivity index (χ0v) is 21.4. The maximum absolute atomic E-state index is 12.8. The number of ether oxygens (including phenoxy) is 2. The molecule has 0 aliphatic carbocycles. The highest BCUT2D eigenvalue weighted by Crippen LogP contribution is 2.14. The number of carbonyl (C=O) groups is 3. The third-order valence-electron chi connectivity index (χ3n) is 5.73. The summed E-state index contributed by atoms with van der Waals surface area (Å²) in [5.74, 6) is -0.870. The molecule has 4 N–H and O–H groups in total. The molecule has 3 aromatic rings. The van der Waals surface area contributed by atoms with Gasteiger partial charge in [0.2, 0.25) is 5.89 Å². The Labute approximate surface area is 221 Å². The predicted octanol–water partition coefficient (Wildman–Crippen LogP) is 4.02. The number of aromatic nitrogens is 1. The number of oxazole rings is 1. The van der Waals surface area contributed by atoms with Gasteiger partial charge in [0, 0.05) is 6.54 Å². The fraction of sp³-hybridized carbons (Fsp3) is 0.357. The number of rotatable bonds is 14. The van der Waals surface area contributed by atoms with Crippen LogP contribution in [-0.4, -0.2) is 35.5 Å². The number of esters is 1. The average molecular weight is 523 g/mol. The Morgan fingerprint density at radius 1 is 0.947 bits per heavy atom. The first-order valence-electron chi connectivity index (χ1n) is 12.6. The second-order valence-corrected chi connectivity index (χ2v) is 8.69. The van der Waals surface area contributed by atoms with Crippen molar-refractivity contribution in [3.05, 3.63) is 89.6 Å². The van der Waals surface area contributed by atoms with E-state index in [1.54, 1.807) is 0 Å². The van der Waals surface area contributed by atoms with Gasteiger partial charge < -0.3 is 30.3 Å². The lowest BCUT2D eigenvalue weighted by Gasteiger charge is -2.17. The molecule has 0 bridgehead atoms. The second-order valence-electron chi connectivity index (χ2n) is 8.69. The van der Waals surface area contributed by atoms with Gasteiger partial charge in [-0.1, -0.05) is 67.6 Å². The molecule has 0 spiro atoms. The standard InChI is InChI=1S/C28H34N4O6/c1-2-22(29)26-32-24(19-36-26)25(33)31-23(27(34)37-17-20-11-5-3-6-12-20)15-9-10-16-30-28(35)38-18-21-13-7-4-8-14-21/h3-8,11-14,19,22-23H,2,9-10,15-18,29H2,1H3,(H,30,35)(H,31,33). The van der Waals surface area contributed by atoms with E-state index in [-0.39, 0.29) is 24.8 Å². The van der Waals surface area contributed by atoms with Gasteiger partial charge in [-0.25, -0.2) is 14.6 Å². The van der Waals surface area contributed by atoms with Crippen LogP contribution in [0.4, 0.5) is 4.79 Å². The molecule has 0 aliphatic rings. The molecular formula is C28H34N4O6. The van der Waals surface area contributed by atoms with E-state index in [9.17, 15) is 14.4 Å². The molecule has 10 heteroatoms. The van der Waals surface area contributed by atoms with E-state index in [1.165, 1.54) is 6.26 Å². The van der Waals surface area contributed by atoms with Crippen LogP contribution in [0, 0.1) is 0 Å². The first kappa shape index (κ1) is 28.4. The molecule has 1 aromatic heterocycles. The zero-order valence-electron chi connectivity index (χ0n) is 21.4. The molecule has 2 unspecified atom stereocenters. The van der Waals surface area contributed by atoms with Gasteiger partial charge in [-0.05, 0) is 36.8 Å². The summed E-state index contributed by atoms with van der Waals surface area (Å²) >= 11 is 0. The molecule has 202 valence electrons. The van der Waals surface area contributed by atoms with Crippen LogP contribution in [0.1, 0.15) is 66.2 Å². The molecule has 0 saturated carbocycles.